The first-order valence-corrected chi connectivity index (χ1v) is 7.65. The van der Waals surface area contributed by atoms with Gasteiger partial charge >= 0.3 is 0 Å². The van der Waals surface area contributed by atoms with Crippen LogP contribution in [0.25, 0.3) is 22.6 Å². The number of halogens is 1. The van der Waals surface area contributed by atoms with Gasteiger partial charge in [0.25, 0.3) is 5.89 Å². The molecule has 0 spiro atoms. The van der Waals surface area contributed by atoms with Crippen LogP contribution in [0.3, 0.4) is 0 Å². The first kappa shape index (κ1) is 15.3. The fourth-order valence-corrected chi connectivity index (χ4v) is 2.67. The van der Waals surface area contributed by atoms with Gasteiger partial charge in [-0.1, -0.05) is 12.1 Å². The van der Waals surface area contributed by atoms with E-state index in [1.54, 1.807) is 38.3 Å². The Morgan fingerprint density at radius 2 is 1.84 bits per heavy atom. The molecule has 0 unspecified atom stereocenters. The topological polar surface area (TPSA) is 74.2 Å². The Kier molecular flexibility index (Phi) is 3.68. The lowest BCUT2D eigenvalue weighted by Crippen LogP contribution is -1.90. The van der Waals surface area contributed by atoms with Crippen LogP contribution < -0.4 is 4.74 Å². The van der Waals surface area contributed by atoms with E-state index in [9.17, 15) is 4.39 Å². The third kappa shape index (κ3) is 2.84. The number of benzene rings is 2. The largest absolute Gasteiger partial charge is 0.493 e. The number of aryl methyl sites for hydroxylation is 1. The molecule has 0 bridgehead atoms. The molecule has 0 fully saturated rings. The van der Waals surface area contributed by atoms with Crippen LogP contribution >= 0.6 is 0 Å². The molecule has 4 aromatic rings. The molecule has 2 aromatic carbocycles. The van der Waals surface area contributed by atoms with Crippen LogP contribution in [-0.2, 0) is 6.42 Å². The number of hydrogen-bond acceptors (Lipinski definition) is 6. The molecule has 0 saturated carbocycles. The van der Waals surface area contributed by atoms with Crippen LogP contribution in [0.4, 0.5) is 4.39 Å². The first-order valence-electron chi connectivity index (χ1n) is 7.65. The fraction of sp³-hybridized carbons (Fsp3) is 0.167. The van der Waals surface area contributed by atoms with Gasteiger partial charge in [0.15, 0.2) is 22.7 Å². The second kappa shape index (κ2) is 6.01. The van der Waals surface area contributed by atoms with Gasteiger partial charge in [-0.25, -0.2) is 9.37 Å². The second-order valence-electron chi connectivity index (χ2n) is 5.53. The molecule has 6 nitrogen and oxygen atoms in total. The number of hydrogen-bond donors (Lipinski definition) is 0. The van der Waals surface area contributed by atoms with Crippen molar-refractivity contribution in [1.82, 2.24) is 15.2 Å². The molecule has 0 atom stereocenters. The summed E-state index contributed by atoms with van der Waals surface area (Å²) in [6.07, 6.45) is 0.418. The van der Waals surface area contributed by atoms with Crippen LogP contribution in [0, 0.1) is 12.7 Å². The number of rotatable bonds is 4. The van der Waals surface area contributed by atoms with Gasteiger partial charge in [-0.05, 0) is 29.8 Å². The number of fused-ring (bicyclic) bond motifs is 1. The molecule has 0 amide bonds. The van der Waals surface area contributed by atoms with Crippen molar-refractivity contribution in [3.8, 4) is 17.2 Å². The van der Waals surface area contributed by atoms with Gasteiger partial charge in [0, 0.05) is 6.92 Å². The molecule has 0 aliphatic heterocycles. The maximum atomic E-state index is 13.0. The normalized spacial score (nSPS) is 11.2. The monoisotopic (exact) mass is 339 g/mol. The van der Waals surface area contributed by atoms with Crippen LogP contribution in [0.1, 0.15) is 17.3 Å². The molecular formula is C18H14FN3O3. The average Bonchev–Trinajstić information content (AvgIpc) is 3.21. The van der Waals surface area contributed by atoms with Crippen molar-refractivity contribution in [3.05, 3.63) is 59.6 Å². The molecular weight excluding hydrogens is 325 g/mol. The molecule has 126 valence electrons. The van der Waals surface area contributed by atoms with E-state index in [0.29, 0.717) is 46.5 Å². The zero-order chi connectivity index (χ0) is 17.4. The summed E-state index contributed by atoms with van der Waals surface area (Å²) in [6, 6.07) is 9.75. The highest BCUT2D eigenvalue weighted by molar-refractivity contribution is 5.87. The van der Waals surface area contributed by atoms with E-state index >= 15 is 0 Å². The van der Waals surface area contributed by atoms with E-state index in [1.165, 1.54) is 12.1 Å². The Hall–Kier alpha value is -3.22. The Labute approximate surface area is 142 Å². The number of oxazole rings is 1. The second-order valence-corrected chi connectivity index (χ2v) is 5.53. The van der Waals surface area contributed by atoms with Crippen molar-refractivity contribution in [2.24, 2.45) is 0 Å². The SMILES string of the molecule is COc1c(-c2nnc(Cc3ccc(F)cc3)o2)ccc2oc(C)nc12. The Morgan fingerprint density at radius 1 is 1.04 bits per heavy atom. The highest BCUT2D eigenvalue weighted by Crippen LogP contribution is 2.36. The zero-order valence-corrected chi connectivity index (χ0v) is 13.6. The van der Waals surface area contributed by atoms with Crippen molar-refractivity contribution in [1.29, 1.82) is 0 Å². The summed E-state index contributed by atoms with van der Waals surface area (Å²) in [4.78, 5) is 4.34. The third-order valence-electron chi connectivity index (χ3n) is 3.79. The molecule has 0 radical (unpaired) electrons. The van der Waals surface area contributed by atoms with E-state index in [2.05, 4.69) is 15.2 Å². The van der Waals surface area contributed by atoms with E-state index in [-0.39, 0.29) is 5.82 Å². The predicted molar refractivity (Wildman–Crippen MR) is 87.8 cm³/mol. The molecule has 7 heteroatoms. The number of ether oxygens (including phenoxy) is 1. The van der Waals surface area contributed by atoms with E-state index in [4.69, 9.17) is 13.6 Å². The van der Waals surface area contributed by atoms with Gasteiger partial charge in [-0.2, -0.15) is 0 Å². The summed E-state index contributed by atoms with van der Waals surface area (Å²) in [7, 11) is 1.55. The number of nitrogens with zero attached hydrogens (tertiary/aromatic N) is 3. The number of aromatic nitrogens is 3. The maximum absolute atomic E-state index is 13.0. The van der Waals surface area contributed by atoms with Gasteiger partial charge in [0.2, 0.25) is 5.89 Å². The minimum atomic E-state index is -0.282. The maximum Gasteiger partial charge on any atom is 0.251 e. The molecule has 2 heterocycles. The summed E-state index contributed by atoms with van der Waals surface area (Å²) in [6.45, 7) is 1.77. The zero-order valence-electron chi connectivity index (χ0n) is 13.6. The molecule has 0 saturated heterocycles. The highest BCUT2D eigenvalue weighted by atomic mass is 19.1. The molecule has 0 N–H and O–H groups in total. The molecule has 0 aliphatic carbocycles. The first-order chi connectivity index (χ1) is 12.1. The van der Waals surface area contributed by atoms with Crippen molar-refractivity contribution in [2.75, 3.05) is 7.11 Å². The van der Waals surface area contributed by atoms with Crippen molar-refractivity contribution >= 4 is 11.1 Å². The van der Waals surface area contributed by atoms with Gasteiger partial charge < -0.3 is 13.6 Å². The van der Waals surface area contributed by atoms with Gasteiger partial charge in [0.1, 0.15) is 5.82 Å². The van der Waals surface area contributed by atoms with E-state index in [1.807, 2.05) is 0 Å². The summed E-state index contributed by atoms with van der Waals surface area (Å²) in [5.74, 6) is 1.55. The summed E-state index contributed by atoms with van der Waals surface area (Å²) < 4.78 is 29.7. The molecule has 2 aromatic heterocycles. The minimum absolute atomic E-state index is 0.282. The minimum Gasteiger partial charge on any atom is -0.493 e. The van der Waals surface area contributed by atoms with E-state index < -0.39 is 0 Å². The summed E-state index contributed by atoms with van der Waals surface area (Å²) in [5, 5.41) is 8.15. The lowest BCUT2D eigenvalue weighted by atomic mass is 10.1. The van der Waals surface area contributed by atoms with E-state index in [0.717, 1.165) is 5.56 Å². The highest BCUT2D eigenvalue weighted by Gasteiger charge is 2.19. The average molecular weight is 339 g/mol. The van der Waals surface area contributed by atoms with Crippen LogP contribution in [-0.4, -0.2) is 22.3 Å². The standard InChI is InChI=1S/C18H14FN3O3/c1-10-20-16-14(24-10)8-7-13(17(16)23-2)18-22-21-15(25-18)9-11-3-5-12(19)6-4-11/h3-8H,9H2,1-2H3. The summed E-state index contributed by atoms with van der Waals surface area (Å²) >= 11 is 0. The van der Waals surface area contributed by atoms with Crippen molar-refractivity contribution in [3.63, 3.8) is 0 Å². The Balaban J connectivity index is 1.69. The Morgan fingerprint density at radius 3 is 2.60 bits per heavy atom. The smallest absolute Gasteiger partial charge is 0.251 e. The van der Waals surface area contributed by atoms with Crippen molar-refractivity contribution in [2.45, 2.75) is 13.3 Å². The quantitative estimate of drug-likeness (QED) is 0.561. The van der Waals surface area contributed by atoms with Gasteiger partial charge in [-0.15, -0.1) is 10.2 Å². The van der Waals surface area contributed by atoms with Crippen LogP contribution in [0.2, 0.25) is 0 Å². The molecule has 25 heavy (non-hydrogen) atoms. The number of methoxy groups -OCH3 is 1. The molecule has 0 aliphatic rings. The van der Waals surface area contributed by atoms with Gasteiger partial charge in [-0.3, -0.25) is 0 Å². The Bertz CT molecular complexity index is 1040. The van der Waals surface area contributed by atoms with Crippen LogP contribution in [0.15, 0.2) is 45.2 Å². The summed E-state index contributed by atoms with van der Waals surface area (Å²) in [5.41, 5.74) is 2.76. The predicted octanol–water partition coefficient (Wildman–Crippen LogP) is 3.92. The van der Waals surface area contributed by atoms with Gasteiger partial charge in [0.05, 0.1) is 19.1 Å². The fourth-order valence-electron chi connectivity index (χ4n) is 2.67. The lowest BCUT2D eigenvalue weighted by Gasteiger charge is -2.04. The lowest BCUT2D eigenvalue weighted by molar-refractivity contribution is 0.417. The molecule has 4 rings (SSSR count). The van der Waals surface area contributed by atoms with Crippen LogP contribution in [0.5, 0.6) is 5.75 Å². The third-order valence-corrected chi connectivity index (χ3v) is 3.79. The van der Waals surface area contributed by atoms with Crippen molar-refractivity contribution < 1.29 is 18.0 Å².